The summed E-state index contributed by atoms with van der Waals surface area (Å²) in [6.07, 6.45) is 0. The zero-order chi connectivity index (χ0) is 19.8. The van der Waals surface area contributed by atoms with E-state index in [9.17, 15) is 14.7 Å². The number of fused-ring (bicyclic) bond motifs is 3. The summed E-state index contributed by atoms with van der Waals surface area (Å²) in [6, 6.07) is 18.6. The Balaban J connectivity index is 1.63. The van der Waals surface area contributed by atoms with Gasteiger partial charge in [-0.3, -0.25) is 0 Å². The molecule has 0 saturated carbocycles. The molecule has 5 nitrogen and oxygen atoms in total. The van der Waals surface area contributed by atoms with Crippen molar-refractivity contribution in [2.45, 2.75) is 5.92 Å². The molecule has 1 aliphatic rings. The molecule has 1 aliphatic carbocycles. The van der Waals surface area contributed by atoms with Gasteiger partial charge in [0.25, 0.3) is 0 Å². The van der Waals surface area contributed by atoms with Crippen LogP contribution in [0.1, 0.15) is 37.8 Å². The third-order valence-corrected chi connectivity index (χ3v) is 5.34. The highest BCUT2D eigenvalue weighted by atomic mass is 35.5. The van der Waals surface area contributed by atoms with Crippen LogP contribution in [0.5, 0.6) is 0 Å². The lowest BCUT2D eigenvalue weighted by Gasteiger charge is -2.15. The Labute approximate surface area is 166 Å². The summed E-state index contributed by atoms with van der Waals surface area (Å²) in [5, 5.41) is 8.99. The second kappa shape index (κ2) is 7.02. The van der Waals surface area contributed by atoms with Gasteiger partial charge in [0.05, 0.1) is 10.6 Å². The molecule has 0 unspecified atom stereocenters. The number of hydrogen-bond donors (Lipinski definition) is 2. The van der Waals surface area contributed by atoms with Gasteiger partial charge < -0.3 is 15.6 Å². The molecular weight excluding hydrogens is 378 g/mol. The molecule has 3 aromatic carbocycles. The van der Waals surface area contributed by atoms with E-state index in [0.717, 1.165) is 22.3 Å². The van der Waals surface area contributed by atoms with Gasteiger partial charge in [-0.2, -0.15) is 0 Å². The third kappa shape index (κ3) is 2.90. The Kier molecular flexibility index (Phi) is 4.53. The van der Waals surface area contributed by atoms with E-state index in [0.29, 0.717) is 0 Å². The summed E-state index contributed by atoms with van der Waals surface area (Å²) in [4.78, 5) is 23.9. The zero-order valence-electron chi connectivity index (χ0n) is 14.7. The van der Waals surface area contributed by atoms with Crippen LogP contribution >= 0.6 is 11.6 Å². The number of rotatable bonds is 4. The maximum Gasteiger partial charge on any atom is 0.341 e. The molecule has 3 aromatic rings. The summed E-state index contributed by atoms with van der Waals surface area (Å²) in [5.74, 6) is -2.09. The minimum Gasteiger partial charge on any atom is -0.478 e. The van der Waals surface area contributed by atoms with Crippen molar-refractivity contribution in [3.8, 4) is 11.1 Å². The summed E-state index contributed by atoms with van der Waals surface area (Å²) in [7, 11) is 0. The lowest BCUT2D eigenvalue weighted by molar-refractivity contribution is 0.0495. The molecule has 28 heavy (non-hydrogen) atoms. The lowest BCUT2D eigenvalue weighted by atomic mass is 9.98. The molecule has 0 aromatic heterocycles. The van der Waals surface area contributed by atoms with Gasteiger partial charge in [-0.25, -0.2) is 9.59 Å². The van der Waals surface area contributed by atoms with Crippen molar-refractivity contribution >= 4 is 29.2 Å². The molecule has 0 radical (unpaired) electrons. The first-order valence-electron chi connectivity index (χ1n) is 8.65. The van der Waals surface area contributed by atoms with E-state index in [1.165, 1.54) is 12.1 Å². The van der Waals surface area contributed by atoms with Crippen molar-refractivity contribution in [1.29, 1.82) is 0 Å². The van der Waals surface area contributed by atoms with Crippen LogP contribution in [0, 0.1) is 0 Å². The van der Waals surface area contributed by atoms with E-state index >= 15 is 0 Å². The van der Waals surface area contributed by atoms with E-state index in [-0.39, 0.29) is 34.4 Å². The number of aromatic carboxylic acids is 1. The van der Waals surface area contributed by atoms with Crippen LogP contribution in [0.25, 0.3) is 11.1 Å². The highest BCUT2D eigenvalue weighted by Gasteiger charge is 2.30. The topological polar surface area (TPSA) is 89.6 Å². The number of halogens is 1. The van der Waals surface area contributed by atoms with Gasteiger partial charge in [0.1, 0.15) is 12.2 Å². The number of nitrogens with two attached hydrogens (primary N) is 1. The van der Waals surface area contributed by atoms with Gasteiger partial charge in [0, 0.05) is 11.6 Å². The first-order chi connectivity index (χ1) is 13.5. The minimum absolute atomic E-state index is 0.0761. The SMILES string of the molecule is Nc1ccc(C(=O)O)c(Cl)c1C(=O)OCC1c2ccccc2-c2ccccc21. The Bertz CT molecular complexity index is 1060. The Morgan fingerprint density at radius 1 is 0.964 bits per heavy atom. The van der Waals surface area contributed by atoms with Crippen LogP contribution < -0.4 is 5.73 Å². The molecule has 0 saturated heterocycles. The van der Waals surface area contributed by atoms with Crippen molar-refractivity contribution in [2.24, 2.45) is 0 Å². The zero-order valence-corrected chi connectivity index (χ0v) is 15.4. The fraction of sp³-hybridized carbons (Fsp3) is 0.0909. The van der Waals surface area contributed by atoms with E-state index in [2.05, 4.69) is 0 Å². The van der Waals surface area contributed by atoms with Crippen LogP contribution in [0.2, 0.25) is 5.02 Å². The molecule has 0 fully saturated rings. The number of carboxylic acids is 1. The highest BCUT2D eigenvalue weighted by Crippen LogP contribution is 2.44. The average molecular weight is 394 g/mol. The minimum atomic E-state index is -1.24. The van der Waals surface area contributed by atoms with E-state index < -0.39 is 11.9 Å². The van der Waals surface area contributed by atoms with Gasteiger partial charge in [0.2, 0.25) is 0 Å². The molecule has 0 heterocycles. The second-order valence-corrected chi connectivity index (χ2v) is 6.90. The van der Waals surface area contributed by atoms with Crippen molar-refractivity contribution in [2.75, 3.05) is 12.3 Å². The van der Waals surface area contributed by atoms with E-state index in [1.807, 2.05) is 48.5 Å². The Morgan fingerprint density at radius 2 is 1.54 bits per heavy atom. The summed E-state index contributed by atoms with van der Waals surface area (Å²) < 4.78 is 5.53. The number of carbonyl (C=O) groups is 2. The van der Waals surface area contributed by atoms with E-state index in [1.54, 1.807) is 0 Å². The predicted octanol–water partition coefficient (Wildman–Crippen LogP) is 4.59. The average Bonchev–Trinajstić information content (AvgIpc) is 3.00. The number of ether oxygens (including phenoxy) is 1. The fourth-order valence-corrected chi connectivity index (χ4v) is 3.96. The molecule has 6 heteroatoms. The van der Waals surface area contributed by atoms with E-state index in [4.69, 9.17) is 22.1 Å². The van der Waals surface area contributed by atoms with Gasteiger partial charge in [-0.15, -0.1) is 0 Å². The number of carboxylic acid groups (broad SMARTS) is 1. The maximum absolute atomic E-state index is 12.7. The molecule has 0 spiro atoms. The van der Waals surface area contributed by atoms with Crippen molar-refractivity contribution in [3.63, 3.8) is 0 Å². The summed E-state index contributed by atoms with van der Waals surface area (Å²) >= 11 is 6.10. The first kappa shape index (κ1) is 18.1. The van der Waals surface area contributed by atoms with Gasteiger partial charge in [0.15, 0.2) is 0 Å². The van der Waals surface area contributed by atoms with Crippen molar-refractivity contribution < 1.29 is 19.4 Å². The largest absolute Gasteiger partial charge is 0.478 e. The third-order valence-electron chi connectivity index (χ3n) is 4.95. The number of carbonyl (C=O) groups excluding carboxylic acids is 1. The van der Waals surface area contributed by atoms with Crippen molar-refractivity contribution in [3.05, 3.63) is 87.9 Å². The van der Waals surface area contributed by atoms with Crippen LogP contribution in [-0.4, -0.2) is 23.7 Å². The maximum atomic E-state index is 12.7. The monoisotopic (exact) mass is 393 g/mol. The van der Waals surface area contributed by atoms with Gasteiger partial charge >= 0.3 is 11.9 Å². The van der Waals surface area contributed by atoms with Crippen molar-refractivity contribution in [1.82, 2.24) is 0 Å². The first-order valence-corrected chi connectivity index (χ1v) is 9.03. The predicted molar refractivity (Wildman–Crippen MR) is 107 cm³/mol. The summed E-state index contributed by atoms with van der Waals surface area (Å²) in [6.45, 7) is 0.0972. The molecular formula is C22H16ClNO4. The number of nitrogen functional groups attached to an aromatic ring is 1. The highest BCUT2D eigenvalue weighted by molar-refractivity contribution is 6.37. The number of esters is 1. The van der Waals surface area contributed by atoms with Crippen LogP contribution in [0.3, 0.4) is 0 Å². The molecule has 0 atom stereocenters. The standard InChI is InChI=1S/C22H16ClNO4/c23-20-16(21(25)26)9-10-18(24)19(20)22(27)28-11-17-14-7-3-1-5-12(14)13-6-2-4-8-15(13)17/h1-10,17H,11,24H2,(H,25,26). The van der Waals surface area contributed by atoms with Crippen LogP contribution in [0.15, 0.2) is 60.7 Å². The molecule has 140 valence electrons. The lowest BCUT2D eigenvalue weighted by Crippen LogP contribution is -2.15. The molecule has 0 aliphatic heterocycles. The number of hydrogen-bond acceptors (Lipinski definition) is 4. The van der Waals surface area contributed by atoms with Gasteiger partial charge in [-0.1, -0.05) is 60.1 Å². The Morgan fingerprint density at radius 3 is 2.11 bits per heavy atom. The molecule has 4 rings (SSSR count). The second-order valence-electron chi connectivity index (χ2n) is 6.52. The molecule has 0 bridgehead atoms. The van der Waals surface area contributed by atoms with Crippen LogP contribution in [0.4, 0.5) is 5.69 Å². The van der Waals surface area contributed by atoms with Gasteiger partial charge in [-0.05, 0) is 34.4 Å². The fourth-order valence-electron chi connectivity index (χ4n) is 3.63. The quantitative estimate of drug-likeness (QED) is 0.499. The molecule has 3 N–H and O–H groups in total. The number of benzene rings is 3. The normalized spacial score (nSPS) is 12.3. The Hall–Kier alpha value is -3.31. The number of anilines is 1. The van der Waals surface area contributed by atoms with Crippen LogP contribution in [-0.2, 0) is 4.74 Å². The molecule has 0 amide bonds. The summed E-state index contributed by atoms with van der Waals surface area (Å²) in [5.41, 5.74) is 9.99. The smallest absolute Gasteiger partial charge is 0.341 e.